The summed E-state index contributed by atoms with van der Waals surface area (Å²) in [5.74, 6) is -0.00192. The Balaban J connectivity index is 2.10. The van der Waals surface area contributed by atoms with Crippen LogP contribution in [0.5, 0.6) is 5.75 Å². The Kier molecular flexibility index (Phi) is 6.05. The lowest BCUT2D eigenvalue weighted by Gasteiger charge is -2.12. The molecule has 0 bridgehead atoms. The molecule has 2 rings (SSSR count). The van der Waals surface area contributed by atoms with Gasteiger partial charge in [0.05, 0.1) is 12.7 Å². The normalized spacial score (nSPS) is 9.96. The minimum absolute atomic E-state index is 0.0486. The molecule has 0 aliphatic heterocycles. The fraction of sp³-hybridized carbons (Fsp3) is 0.118. The zero-order valence-corrected chi connectivity index (χ0v) is 15.5. The highest BCUT2D eigenvalue weighted by Gasteiger charge is 2.14. The van der Waals surface area contributed by atoms with Gasteiger partial charge < -0.3 is 10.1 Å². The van der Waals surface area contributed by atoms with Crippen LogP contribution >= 0.6 is 28.1 Å². The minimum atomic E-state index is -0.395. The molecule has 0 atom stereocenters. The molecule has 24 heavy (non-hydrogen) atoms. The van der Waals surface area contributed by atoms with Crippen LogP contribution in [0, 0.1) is 0 Å². The first-order chi connectivity index (χ1) is 11.4. The Labute approximate surface area is 153 Å². The molecule has 0 saturated heterocycles. The van der Waals surface area contributed by atoms with Crippen molar-refractivity contribution in [2.45, 2.75) is 6.92 Å². The van der Waals surface area contributed by atoms with E-state index in [1.54, 1.807) is 42.5 Å². The minimum Gasteiger partial charge on any atom is -0.496 e. The molecule has 1 amide bonds. The maximum Gasteiger partial charge on any atom is 0.261 e. The lowest BCUT2D eigenvalue weighted by atomic mass is 10.1. The second-order valence-electron chi connectivity index (χ2n) is 4.89. The smallest absolute Gasteiger partial charge is 0.261 e. The van der Waals surface area contributed by atoms with E-state index in [-0.39, 0.29) is 10.9 Å². The number of benzene rings is 2. The third-order valence-electron chi connectivity index (χ3n) is 3.16. The molecule has 0 aliphatic carbocycles. The molecule has 0 aromatic heterocycles. The van der Waals surface area contributed by atoms with Crippen molar-refractivity contribution in [1.29, 1.82) is 0 Å². The topological polar surface area (TPSA) is 67.4 Å². The Hall–Kier alpha value is -2.25. The van der Waals surface area contributed by atoms with Gasteiger partial charge in [-0.15, -0.1) is 0 Å². The summed E-state index contributed by atoms with van der Waals surface area (Å²) in [7, 11) is 1.49. The highest BCUT2D eigenvalue weighted by molar-refractivity contribution is 9.10. The lowest BCUT2D eigenvalue weighted by Crippen LogP contribution is -2.34. The van der Waals surface area contributed by atoms with Crippen LogP contribution in [0.1, 0.15) is 27.6 Å². The Morgan fingerprint density at radius 3 is 2.58 bits per heavy atom. The lowest BCUT2D eigenvalue weighted by molar-refractivity contribution is 0.0973. The zero-order chi connectivity index (χ0) is 17.7. The van der Waals surface area contributed by atoms with Gasteiger partial charge in [0.25, 0.3) is 5.91 Å². The van der Waals surface area contributed by atoms with E-state index in [0.717, 1.165) is 4.47 Å². The summed E-state index contributed by atoms with van der Waals surface area (Å²) < 4.78 is 5.93. The first kappa shape index (κ1) is 18.1. The molecule has 2 N–H and O–H groups in total. The molecule has 2 aromatic carbocycles. The molecule has 2 aromatic rings. The quantitative estimate of drug-likeness (QED) is 0.597. The maximum atomic E-state index is 12.4. The number of thiocarbonyl (C=S) groups is 1. The molecule has 124 valence electrons. The van der Waals surface area contributed by atoms with Gasteiger partial charge in [-0.05, 0) is 49.5 Å². The summed E-state index contributed by atoms with van der Waals surface area (Å²) >= 11 is 8.47. The summed E-state index contributed by atoms with van der Waals surface area (Å²) in [6, 6.07) is 12.0. The molecule has 0 saturated carbocycles. The van der Waals surface area contributed by atoms with Crippen LogP contribution in [0.15, 0.2) is 46.9 Å². The van der Waals surface area contributed by atoms with Gasteiger partial charge in [-0.3, -0.25) is 14.9 Å². The van der Waals surface area contributed by atoms with Crippen molar-refractivity contribution in [1.82, 2.24) is 5.32 Å². The summed E-state index contributed by atoms with van der Waals surface area (Å²) in [6.45, 7) is 1.48. The van der Waals surface area contributed by atoms with Gasteiger partial charge in [-0.2, -0.15) is 0 Å². The monoisotopic (exact) mass is 406 g/mol. The van der Waals surface area contributed by atoms with Gasteiger partial charge >= 0.3 is 0 Å². The molecular formula is C17H15BrN2O3S. The van der Waals surface area contributed by atoms with Gasteiger partial charge in [0, 0.05) is 15.7 Å². The number of nitrogens with one attached hydrogen (secondary N) is 2. The van der Waals surface area contributed by atoms with Crippen LogP contribution in [0.25, 0.3) is 0 Å². The van der Waals surface area contributed by atoms with Gasteiger partial charge in [-0.25, -0.2) is 0 Å². The van der Waals surface area contributed by atoms with Crippen LogP contribution in [0.2, 0.25) is 0 Å². The molecule has 0 aliphatic rings. The average molecular weight is 407 g/mol. The van der Waals surface area contributed by atoms with Crippen LogP contribution in [-0.4, -0.2) is 23.9 Å². The van der Waals surface area contributed by atoms with E-state index >= 15 is 0 Å². The second kappa shape index (κ2) is 8.03. The Bertz CT molecular complexity index is 808. The summed E-state index contributed by atoms with van der Waals surface area (Å²) in [4.78, 5) is 23.8. The number of carbonyl (C=O) groups is 2. The first-order valence-corrected chi connectivity index (χ1v) is 8.17. The van der Waals surface area contributed by atoms with Gasteiger partial charge in [-0.1, -0.05) is 28.1 Å². The largest absolute Gasteiger partial charge is 0.496 e. The molecular weight excluding hydrogens is 392 g/mol. The molecule has 0 radical (unpaired) electrons. The molecule has 0 spiro atoms. The molecule has 0 fully saturated rings. The van der Waals surface area contributed by atoms with Gasteiger partial charge in [0.15, 0.2) is 10.9 Å². The number of amides is 1. The van der Waals surface area contributed by atoms with Crippen molar-refractivity contribution in [3.63, 3.8) is 0 Å². The van der Waals surface area contributed by atoms with Crippen LogP contribution < -0.4 is 15.4 Å². The number of ketones is 1. The van der Waals surface area contributed by atoms with Gasteiger partial charge in [0.2, 0.25) is 0 Å². The summed E-state index contributed by atoms with van der Waals surface area (Å²) in [6.07, 6.45) is 0. The number of carbonyl (C=O) groups excluding carboxylic acids is 2. The van der Waals surface area contributed by atoms with Crippen molar-refractivity contribution < 1.29 is 14.3 Å². The predicted molar refractivity (Wildman–Crippen MR) is 101 cm³/mol. The molecule has 0 heterocycles. The Morgan fingerprint density at radius 1 is 1.17 bits per heavy atom. The first-order valence-electron chi connectivity index (χ1n) is 6.97. The molecule has 7 heteroatoms. The van der Waals surface area contributed by atoms with Crippen molar-refractivity contribution in [2.75, 3.05) is 12.4 Å². The average Bonchev–Trinajstić information content (AvgIpc) is 2.54. The second-order valence-corrected chi connectivity index (χ2v) is 6.21. The fourth-order valence-electron chi connectivity index (χ4n) is 2.01. The van der Waals surface area contributed by atoms with Crippen molar-refractivity contribution in [3.8, 4) is 5.75 Å². The predicted octanol–water partition coefficient (Wildman–Crippen LogP) is 3.79. The fourth-order valence-corrected chi connectivity index (χ4v) is 2.58. The number of rotatable bonds is 4. The zero-order valence-electron chi connectivity index (χ0n) is 13.1. The summed E-state index contributed by atoms with van der Waals surface area (Å²) in [5, 5.41) is 5.60. The maximum absolute atomic E-state index is 12.4. The van der Waals surface area contributed by atoms with Crippen LogP contribution in [-0.2, 0) is 0 Å². The van der Waals surface area contributed by atoms with E-state index in [2.05, 4.69) is 26.6 Å². The van der Waals surface area contributed by atoms with Gasteiger partial charge in [0.1, 0.15) is 5.75 Å². The SMILES string of the molecule is COc1ccc(Br)cc1C(=O)NC(=S)Nc1cccc(C(C)=O)c1. The molecule has 5 nitrogen and oxygen atoms in total. The number of hydrogen-bond donors (Lipinski definition) is 2. The van der Waals surface area contributed by atoms with E-state index in [4.69, 9.17) is 17.0 Å². The van der Waals surface area contributed by atoms with E-state index in [1.165, 1.54) is 14.0 Å². The van der Waals surface area contributed by atoms with E-state index in [0.29, 0.717) is 22.6 Å². The third kappa shape index (κ3) is 4.62. The molecule has 0 unspecified atom stereocenters. The van der Waals surface area contributed by atoms with Crippen molar-refractivity contribution in [2.24, 2.45) is 0 Å². The standard InChI is InChI=1S/C17H15BrN2O3S/c1-10(21)11-4-3-5-13(8-11)19-17(24)20-16(22)14-9-12(18)6-7-15(14)23-2/h3-9H,1-2H3,(H2,19,20,22,24). The van der Waals surface area contributed by atoms with Crippen molar-refractivity contribution >= 4 is 50.6 Å². The third-order valence-corrected chi connectivity index (χ3v) is 3.86. The highest BCUT2D eigenvalue weighted by Crippen LogP contribution is 2.22. The number of ether oxygens (including phenoxy) is 1. The number of anilines is 1. The Morgan fingerprint density at radius 2 is 1.92 bits per heavy atom. The number of halogens is 1. The van der Waals surface area contributed by atoms with E-state index < -0.39 is 5.91 Å². The van der Waals surface area contributed by atoms with Crippen molar-refractivity contribution in [3.05, 3.63) is 58.1 Å². The number of Topliss-reactive ketones (excluding diaryl/α,β-unsaturated/α-hetero) is 1. The van der Waals surface area contributed by atoms with Crippen LogP contribution in [0.4, 0.5) is 5.69 Å². The number of methoxy groups -OCH3 is 1. The van der Waals surface area contributed by atoms with E-state index in [9.17, 15) is 9.59 Å². The highest BCUT2D eigenvalue weighted by atomic mass is 79.9. The number of hydrogen-bond acceptors (Lipinski definition) is 4. The summed E-state index contributed by atoms with van der Waals surface area (Å²) in [5.41, 5.74) is 1.53. The van der Waals surface area contributed by atoms with Crippen LogP contribution in [0.3, 0.4) is 0 Å². The van der Waals surface area contributed by atoms with E-state index in [1.807, 2.05) is 0 Å².